The van der Waals surface area contributed by atoms with Gasteiger partial charge in [0.15, 0.2) is 10.6 Å². The van der Waals surface area contributed by atoms with Crippen molar-refractivity contribution in [1.29, 1.82) is 5.26 Å². The molecule has 4 rings (SSSR count). The third kappa shape index (κ3) is 5.47. The van der Waals surface area contributed by atoms with E-state index in [1.54, 1.807) is 4.68 Å². The fourth-order valence-corrected chi connectivity index (χ4v) is 4.00. The van der Waals surface area contributed by atoms with Crippen LogP contribution in [0.1, 0.15) is 29.7 Å². The van der Waals surface area contributed by atoms with Gasteiger partial charge in [-0.1, -0.05) is 48.0 Å². The quantitative estimate of drug-likeness (QED) is 0.244. The second kappa shape index (κ2) is 10.8. The molecule has 2 aromatic carbocycles. The van der Waals surface area contributed by atoms with Crippen molar-refractivity contribution in [2.75, 3.05) is 12.3 Å². The van der Waals surface area contributed by atoms with Gasteiger partial charge in [0.25, 0.3) is 0 Å². The topological polar surface area (TPSA) is 130 Å². The molecule has 0 saturated heterocycles. The van der Waals surface area contributed by atoms with Gasteiger partial charge in [0.2, 0.25) is 5.91 Å². The number of hydrogen-bond donors (Lipinski definition) is 3. The molecule has 0 spiro atoms. The molecule has 0 bridgehead atoms. The standard InChI is InChI=1S/C25H26N8OS/c1-17-9-11-18(12-10-17)24-29-30-25(35)32(24)15-13-22(34)28-14-5-8-21-20(16-26)23(27)33(31-21)19-6-3-2-4-7-19/h2-4,6-7,9-12H,5,8,13-15,27H2,1H3,(H,28,34)(H,30,35). The molecule has 0 aliphatic carbocycles. The Balaban J connectivity index is 1.31. The smallest absolute Gasteiger partial charge is 0.221 e. The number of nitrogens with zero attached hydrogens (tertiary/aromatic N) is 5. The average molecular weight is 487 g/mol. The normalized spacial score (nSPS) is 10.7. The zero-order valence-corrected chi connectivity index (χ0v) is 20.2. The van der Waals surface area contributed by atoms with Gasteiger partial charge in [-0.25, -0.2) is 4.68 Å². The van der Waals surface area contributed by atoms with Crippen LogP contribution in [0.4, 0.5) is 5.82 Å². The predicted octanol–water partition coefficient (Wildman–Crippen LogP) is 3.69. The highest BCUT2D eigenvalue weighted by molar-refractivity contribution is 7.71. The lowest BCUT2D eigenvalue weighted by Gasteiger charge is -2.08. The number of nitrogens with one attached hydrogen (secondary N) is 2. The number of nitriles is 1. The number of aryl methyl sites for hydroxylation is 2. The minimum atomic E-state index is -0.0854. The van der Waals surface area contributed by atoms with Gasteiger partial charge in [0.1, 0.15) is 17.5 Å². The zero-order chi connectivity index (χ0) is 24.8. The number of carbonyl (C=O) groups excluding carboxylic acids is 1. The number of amides is 1. The highest BCUT2D eigenvalue weighted by Gasteiger charge is 2.16. The maximum Gasteiger partial charge on any atom is 0.221 e. The summed E-state index contributed by atoms with van der Waals surface area (Å²) in [5, 5.41) is 24.1. The van der Waals surface area contributed by atoms with Gasteiger partial charge < -0.3 is 11.1 Å². The summed E-state index contributed by atoms with van der Waals surface area (Å²) in [6, 6.07) is 19.6. The Labute approximate surface area is 208 Å². The largest absolute Gasteiger partial charge is 0.382 e. The number of nitrogens with two attached hydrogens (primary N) is 1. The molecule has 4 N–H and O–H groups in total. The van der Waals surface area contributed by atoms with E-state index in [4.69, 9.17) is 18.0 Å². The third-order valence-electron chi connectivity index (χ3n) is 5.65. The Morgan fingerprint density at radius 3 is 2.66 bits per heavy atom. The van der Waals surface area contributed by atoms with E-state index in [-0.39, 0.29) is 12.3 Å². The molecule has 0 unspecified atom stereocenters. The van der Waals surface area contributed by atoms with E-state index >= 15 is 0 Å². The van der Waals surface area contributed by atoms with Gasteiger partial charge in [-0.05, 0) is 44.1 Å². The molecule has 2 aromatic heterocycles. The molecule has 1 amide bonds. The fraction of sp³-hybridized carbons (Fsp3) is 0.240. The van der Waals surface area contributed by atoms with Crippen LogP contribution in [0.15, 0.2) is 54.6 Å². The van der Waals surface area contributed by atoms with E-state index in [0.717, 1.165) is 16.8 Å². The van der Waals surface area contributed by atoms with E-state index in [1.807, 2.05) is 66.1 Å². The van der Waals surface area contributed by atoms with Crippen LogP contribution in [0.25, 0.3) is 17.1 Å². The summed E-state index contributed by atoms with van der Waals surface area (Å²) in [7, 11) is 0. The molecule has 4 aromatic rings. The molecular formula is C25H26N8OS. The Morgan fingerprint density at radius 1 is 1.20 bits per heavy atom. The summed E-state index contributed by atoms with van der Waals surface area (Å²) >= 11 is 5.35. The van der Waals surface area contributed by atoms with Crippen molar-refractivity contribution in [3.8, 4) is 23.1 Å². The van der Waals surface area contributed by atoms with Crippen LogP contribution in [0.3, 0.4) is 0 Å². The number of aromatic amines is 1. The van der Waals surface area contributed by atoms with Gasteiger partial charge in [0, 0.05) is 25.1 Å². The molecule has 10 heteroatoms. The van der Waals surface area contributed by atoms with Crippen molar-refractivity contribution in [2.45, 2.75) is 32.7 Å². The van der Waals surface area contributed by atoms with Crippen molar-refractivity contribution in [2.24, 2.45) is 0 Å². The number of nitrogen functional groups attached to an aromatic ring is 1. The van der Waals surface area contributed by atoms with E-state index < -0.39 is 0 Å². The minimum Gasteiger partial charge on any atom is -0.382 e. The van der Waals surface area contributed by atoms with Gasteiger partial charge in [-0.15, -0.1) is 0 Å². The predicted molar refractivity (Wildman–Crippen MR) is 136 cm³/mol. The maximum absolute atomic E-state index is 12.4. The molecule has 0 fully saturated rings. The summed E-state index contributed by atoms with van der Waals surface area (Å²) in [5.41, 5.74) is 10.0. The Morgan fingerprint density at radius 2 is 1.94 bits per heavy atom. The molecule has 9 nitrogen and oxygen atoms in total. The SMILES string of the molecule is Cc1ccc(-c2n[nH]c(=S)n2CCC(=O)NCCCc2nn(-c3ccccc3)c(N)c2C#N)cc1. The number of anilines is 1. The molecule has 0 radical (unpaired) electrons. The molecule has 35 heavy (non-hydrogen) atoms. The van der Waals surface area contributed by atoms with Crippen molar-refractivity contribution in [1.82, 2.24) is 29.9 Å². The second-order valence-electron chi connectivity index (χ2n) is 8.14. The minimum absolute atomic E-state index is 0.0854. The summed E-state index contributed by atoms with van der Waals surface area (Å²) in [4.78, 5) is 12.4. The lowest BCUT2D eigenvalue weighted by Crippen LogP contribution is -2.26. The number of aromatic nitrogens is 5. The van der Waals surface area contributed by atoms with Crippen molar-refractivity contribution >= 4 is 23.9 Å². The summed E-state index contributed by atoms with van der Waals surface area (Å²) in [6.45, 7) is 2.90. The number of H-pyrrole nitrogens is 1. The molecule has 0 aliphatic heterocycles. The monoisotopic (exact) mass is 486 g/mol. The average Bonchev–Trinajstić information content (AvgIpc) is 3.40. The van der Waals surface area contributed by atoms with Gasteiger partial charge >= 0.3 is 0 Å². The van der Waals surface area contributed by atoms with Crippen LogP contribution < -0.4 is 11.1 Å². The lowest BCUT2D eigenvalue weighted by molar-refractivity contribution is -0.121. The van der Waals surface area contributed by atoms with Crippen LogP contribution in [-0.2, 0) is 17.8 Å². The van der Waals surface area contributed by atoms with Crippen LogP contribution in [-0.4, -0.2) is 37.0 Å². The Kier molecular flexibility index (Phi) is 7.38. The summed E-state index contributed by atoms with van der Waals surface area (Å²) in [6.07, 6.45) is 1.43. The number of carbonyl (C=O) groups is 1. The first-order chi connectivity index (χ1) is 17.0. The maximum atomic E-state index is 12.4. The first-order valence-corrected chi connectivity index (χ1v) is 11.7. The van der Waals surface area contributed by atoms with E-state index in [9.17, 15) is 10.1 Å². The third-order valence-corrected chi connectivity index (χ3v) is 5.96. The Bertz CT molecular complexity index is 1410. The van der Waals surface area contributed by atoms with E-state index in [0.29, 0.717) is 53.6 Å². The van der Waals surface area contributed by atoms with Gasteiger partial charge in [-0.2, -0.15) is 15.5 Å². The molecule has 2 heterocycles. The highest BCUT2D eigenvalue weighted by atomic mass is 32.1. The highest BCUT2D eigenvalue weighted by Crippen LogP contribution is 2.21. The van der Waals surface area contributed by atoms with Crippen LogP contribution in [0.2, 0.25) is 0 Å². The first kappa shape index (κ1) is 23.9. The van der Waals surface area contributed by atoms with Crippen molar-refractivity contribution in [3.63, 3.8) is 0 Å². The molecule has 178 valence electrons. The Hall–Kier alpha value is -4.23. The van der Waals surface area contributed by atoms with Crippen LogP contribution in [0, 0.1) is 23.0 Å². The summed E-state index contributed by atoms with van der Waals surface area (Å²) in [5.74, 6) is 0.940. The van der Waals surface area contributed by atoms with Crippen LogP contribution in [0.5, 0.6) is 0 Å². The number of para-hydroxylation sites is 1. The van der Waals surface area contributed by atoms with Crippen molar-refractivity contribution < 1.29 is 4.79 Å². The van der Waals surface area contributed by atoms with Gasteiger partial charge in [0.05, 0.1) is 11.4 Å². The van der Waals surface area contributed by atoms with Crippen LogP contribution >= 0.6 is 12.2 Å². The van der Waals surface area contributed by atoms with E-state index in [2.05, 4.69) is 26.7 Å². The molecule has 0 aliphatic rings. The molecule has 0 saturated carbocycles. The fourth-order valence-electron chi connectivity index (χ4n) is 3.77. The first-order valence-electron chi connectivity index (χ1n) is 11.3. The molecule has 0 atom stereocenters. The van der Waals surface area contributed by atoms with E-state index in [1.165, 1.54) is 0 Å². The summed E-state index contributed by atoms with van der Waals surface area (Å²) < 4.78 is 3.88. The number of benzene rings is 2. The second-order valence-corrected chi connectivity index (χ2v) is 8.53. The number of hydrogen-bond acceptors (Lipinski definition) is 6. The van der Waals surface area contributed by atoms with Gasteiger partial charge in [-0.3, -0.25) is 14.5 Å². The lowest BCUT2D eigenvalue weighted by atomic mass is 10.1. The van der Waals surface area contributed by atoms with Crippen molar-refractivity contribution in [3.05, 3.63) is 76.2 Å². The zero-order valence-electron chi connectivity index (χ0n) is 19.4. The number of rotatable bonds is 9. The molecular weight excluding hydrogens is 460 g/mol.